The molecule has 4 nitrogen and oxygen atoms in total. The Bertz CT molecular complexity index is 746. The summed E-state index contributed by atoms with van der Waals surface area (Å²) in [6, 6.07) is 17.9. The first-order chi connectivity index (χ1) is 11.4. The van der Waals surface area contributed by atoms with Crippen LogP contribution in [0.15, 0.2) is 60.7 Å². The summed E-state index contributed by atoms with van der Waals surface area (Å²) in [7, 11) is 0. The molecule has 1 heterocycles. The van der Waals surface area contributed by atoms with Gasteiger partial charge in [-0.05, 0) is 31.5 Å². The second-order valence-corrected chi connectivity index (χ2v) is 6.66. The summed E-state index contributed by atoms with van der Waals surface area (Å²) >= 11 is 3.98. The quantitative estimate of drug-likeness (QED) is 0.870. The Morgan fingerprint density at radius 3 is 2.08 bits per heavy atom. The van der Waals surface area contributed by atoms with Crippen LogP contribution in [0, 0.1) is 0 Å². The SMILES string of the molecule is CC1(C)O[C@@H](C(=O)S)[C@H](c2ccccc2)N1C(=O)c1ccccc1. The van der Waals surface area contributed by atoms with E-state index in [1.54, 1.807) is 30.9 Å². The highest BCUT2D eigenvalue weighted by Crippen LogP contribution is 2.43. The van der Waals surface area contributed by atoms with Crippen molar-refractivity contribution in [1.82, 2.24) is 4.90 Å². The number of amides is 1. The van der Waals surface area contributed by atoms with Crippen LogP contribution in [0.3, 0.4) is 0 Å². The number of carbonyl (C=O) groups excluding carboxylic acids is 2. The molecule has 1 amide bonds. The number of hydrogen-bond donors (Lipinski definition) is 1. The summed E-state index contributed by atoms with van der Waals surface area (Å²) < 4.78 is 5.91. The number of rotatable bonds is 3. The predicted octanol–water partition coefficient (Wildman–Crippen LogP) is 3.46. The van der Waals surface area contributed by atoms with Crippen molar-refractivity contribution >= 4 is 23.7 Å². The average molecular weight is 341 g/mol. The van der Waals surface area contributed by atoms with E-state index in [0.717, 1.165) is 5.56 Å². The molecule has 2 aromatic rings. The van der Waals surface area contributed by atoms with Gasteiger partial charge in [0, 0.05) is 5.56 Å². The molecule has 2 atom stereocenters. The molecule has 1 saturated heterocycles. The minimum Gasteiger partial charge on any atom is -0.342 e. The fraction of sp³-hybridized carbons (Fsp3) is 0.263. The van der Waals surface area contributed by atoms with Gasteiger partial charge in [-0.2, -0.15) is 0 Å². The van der Waals surface area contributed by atoms with Crippen molar-refractivity contribution < 1.29 is 14.3 Å². The van der Waals surface area contributed by atoms with E-state index >= 15 is 0 Å². The van der Waals surface area contributed by atoms with Crippen molar-refractivity contribution in [2.24, 2.45) is 0 Å². The highest BCUT2D eigenvalue weighted by Gasteiger charge is 2.52. The van der Waals surface area contributed by atoms with E-state index in [1.807, 2.05) is 48.5 Å². The topological polar surface area (TPSA) is 46.6 Å². The lowest BCUT2D eigenvalue weighted by Gasteiger charge is -2.34. The zero-order valence-electron chi connectivity index (χ0n) is 13.5. The summed E-state index contributed by atoms with van der Waals surface area (Å²) in [5.41, 5.74) is 0.485. The standard InChI is InChI=1S/C19H19NO3S/c1-19(2)20(17(21)14-11-7-4-8-12-14)15(16(23-19)18(22)24)13-9-5-3-6-10-13/h3-12,15-16H,1-2H3,(H,22,24)/t15-,16+/m0/s1. The number of nitrogens with zero attached hydrogens (tertiary/aromatic N) is 1. The summed E-state index contributed by atoms with van der Waals surface area (Å²) in [6.07, 6.45) is -0.807. The third-order valence-electron chi connectivity index (χ3n) is 4.18. The van der Waals surface area contributed by atoms with Crippen LogP contribution in [0.1, 0.15) is 35.8 Å². The number of benzene rings is 2. The molecule has 1 aliphatic rings. The first-order valence-electron chi connectivity index (χ1n) is 7.76. The molecular formula is C19H19NO3S. The molecule has 0 bridgehead atoms. The molecule has 0 radical (unpaired) electrons. The first-order valence-corrected chi connectivity index (χ1v) is 8.21. The lowest BCUT2D eigenvalue weighted by Crippen LogP contribution is -2.45. The zero-order valence-corrected chi connectivity index (χ0v) is 14.4. The third kappa shape index (κ3) is 2.97. The molecule has 0 spiro atoms. The van der Waals surface area contributed by atoms with E-state index in [-0.39, 0.29) is 11.0 Å². The smallest absolute Gasteiger partial charge is 0.256 e. The van der Waals surface area contributed by atoms with Crippen molar-refractivity contribution in [3.05, 3.63) is 71.8 Å². The molecule has 0 saturated carbocycles. The van der Waals surface area contributed by atoms with Crippen molar-refractivity contribution in [3.8, 4) is 0 Å². The summed E-state index contributed by atoms with van der Waals surface area (Å²) in [6.45, 7) is 3.58. The van der Waals surface area contributed by atoms with Crippen LogP contribution in [0.2, 0.25) is 0 Å². The van der Waals surface area contributed by atoms with Gasteiger partial charge in [-0.25, -0.2) is 0 Å². The predicted molar refractivity (Wildman–Crippen MR) is 94.7 cm³/mol. The van der Waals surface area contributed by atoms with Crippen molar-refractivity contribution in [1.29, 1.82) is 0 Å². The van der Waals surface area contributed by atoms with E-state index in [4.69, 9.17) is 4.74 Å². The minimum atomic E-state index is -0.920. The van der Waals surface area contributed by atoms with Gasteiger partial charge < -0.3 is 9.64 Å². The molecule has 5 heteroatoms. The Balaban J connectivity index is 2.09. The van der Waals surface area contributed by atoms with Gasteiger partial charge in [0.1, 0.15) is 5.72 Å². The Morgan fingerprint density at radius 1 is 1.00 bits per heavy atom. The summed E-state index contributed by atoms with van der Waals surface area (Å²) in [5.74, 6) is -0.175. The molecule has 0 aliphatic carbocycles. The van der Waals surface area contributed by atoms with Crippen LogP contribution in [-0.2, 0) is 9.53 Å². The van der Waals surface area contributed by atoms with Gasteiger partial charge in [0.2, 0.25) is 5.12 Å². The van der Waals surface area contributed by atoms with Gasteiger partial charge in [0.05, 0.1) is 6.04 Å². The number of hydrogen-bond acceptors (Lipinski definition) is 3. The zero-order chi connectivity index (χ0) is 17.3. The van der Waals surface area contributed by atoms with E-state index < -0.39 is 17.9 Å². The highest BCUT2D eigenvalue weighted by molar-refractivity contribution is 7.96. The largest absolute Gasteiger partial charge is 0.342 e. The molecule has 24 heavy (non-hydrogen) atoms. The van der Waals surface area contributed by atoms with Crippen LogP contribution in [-0.4, -0.2) is 27.8 Å². The van der Waals surface area contributed by atoms with Crippen LogP contribution < -0.4 is 0 Å². The first kappa shape index (κ1) is 16.7. The number of thiol groups is 1. The molecule has 3 rings (SSSR count). The van der Waals surface area contributed by atoms with Gasteiger partial charge in [-0.3, -0.25) is 9.59 Å². The van der Waals surface area contributed by atoms with Crippen LogP contribution in [0.5, 0.6) is 0 Å². The normalized spacial score (nSPS) is 22.4. The fourth-order valence-corrected chi connectivity index (χ4v) is 3.35. The molecule has 0 aromatic heterocycles. The van der Waals surface area contributed by atoms with Crippen LogP contribution in [0.4, 0.5) is 0 Å². The Kier molecular flexibility index (Phi) is 4.47. The molecule has 0 N–H and O–H groups in total. The molecule has 124 valence electrons. The second kappa shape index (κ2) is 6.42. The molecule has 1 fully saturated rings. The minimum absolute atomic E-state index is 0.175. The van der Waals surface area contributed by atoms with E-state index in [1.165, 1.54) is 0 Å². The number of carbonyl (C=O) groups is 2. The fourth-order valence-electron chi connectivity index (χ4n) is 3.15. The van der Waals surface area contributed by atoms with Gasteiger partial charge in [-0.15, -0.1) is 12.6 Å². The lowest BCUT2D eigenvalue weighted by atomic mass is 9.99. The van der Waals surface area contributed by atoms with E-state index in [0.29, 0.717) is 5.56 Å². The average Bonchev–Trinajstić information content (AvgIpc) is 2.87. The monoisotopic (exact) mass is 341 g/mol. The maximum Gasteiger partial charge on any atom is 0.256 e. The number of ether oxygens (including phenoxy) is 1. The van der Waals surface area contributed by atoms with Gasteiger partial charge >= 0.3 is 0 Å². The third-order valence-corrected chi connectivity index (χ3v) is 4.44. The molecule has 0 unspecified atom stereocenters. The highest BCUT2D eigenvalue weighted by atomic mass is 32.1. The maximum atomic E-state index is 13.1. The van der Waals surface area contributed by atoms with Crippen molar-refractivity contribution in [2.45, 2.75) is 31.7 Å². The Labute approximate surface area is 146 Å². The van der Waals surface area contributed by atoms with Crippen molar-refractivity contribution in [2.75, 3.05) is 0 Å². The van der Waals surface area contributed by atoms with Crippen LogP contribution in [0.25, 0.3) is 0 Å². The summed E-state index contributed by atoms with van der Waals surface area (Å²) in [4.78, 5) is 26.8. The van der Waals surface area contributed by atoms with Crippen molar-refractivity contribution in [3.63, 3.8) is 0 Å². The Hall–Kier alpha value is -2.11. The van der Waals surface area contributed by atoms with Crippen LogP contribution >= 0.6 is 12.6 Å². The van der Waals surface area contributed by atoms with Gasteiger partial charge in [0.15, 0.2) is 6.10 Å². The summed E-state index contributed by atoms with van der Waals surface area (Å²) in [5, 5.41) is -0.389. The van der Waals surface area contributed by atoms with Gasteiger partial charge in [0.25, 0.3) is 5.91 Å². The lowest BCUT2D eigenvalue weighted by molar-refractivity contribution is -0.126. The molecule has 1 aliphatic heterocycles. The molecular weight excluding hydrogens is 322 g/mol. The Morgan fingerprint density at radius 2 is 1.54 bits per heavy atom. The van der Waals surface area contributed by atoms with E-state index in [9.17, 15) is 9.59 Å². The van der Waals surface area contributed by atoms with Gasteiger partial charge in [-0.1, -0.05) is 48.5 Å². The molecule has 2 aromatic carbocycles. The van der Waals surface area contributed by atoms with E-state index in [2.05, 4.69) is 12.6 Å². The maximum absolute atomic E-state index is 13.1. The second-order valence-electron chi connectivity index (χ2n) is 6.22.